The van der Waals surface area contributed by atoms with Crippen LogP contribution in [0.15, 0.2) is 12.1 Å². The number of nitrogen functional groups attached to an aromatic ring is 1. The summed E-state index contributed by atoms with van der Waals surface area (Å²) in [7, 11) is 0. The van der Waals surface area contributed by atoms with Gasteiger partial charge in [-0.2, -0.15) is 4.98 Å². The lowest BCUT2D eigenvalue weighted by Crippen LogP contribution is -2.32. The number of ether oxygens (including phenoxy) is 1. The number of nitrogens with one attached hydrogen (secondary N) is 1. The molecule has 1 aliphatic carbocycles. The average molecular weight is 291 g/mol. The van der Waals surface area contributed by atoms with Gasteiger partial charge in [-0.25, -0.2) is 0 Å². The second-order valence-electron chi connectivity index (χ2n) is 7.01. The van der Waals surface area contributed by atoms with Gasteiger partial charge in [0.05, 0.1) is 5.69 Å². The first-order chi connectivity index (χ1) is 9.89. The molecule has 0 radical (unpaired) electrons. The molecule has 0 saturated heterocycles. The molecule has 1 fully saturated rings. The fraction of sp³-hybridized carbons (Fsp3) is 0.706. The minimum atomic E-state index is -0.295. The Labute approximate surface area is 128 Å². The number of hydrogen-bond acceptors (Lipinski definition) is 4. The van der Waals surface area contributed by atoms with E-state index in [0.717, 1.165) is 11.7 Å². The summed E-state index contributed by atoms with van der Waals surface area (Å²) in [6.45, 7) is 8.28. The van der Waals surface area contributed by atoms with Crippen LogP contribution in [0.2, 0.25) is 0 Å². The van der Waals surface area contributed by atoms with Crippen LogP contribution in [0, 0.1) is 5.92 Å². The highest BCUT2D eigenvalue weighted by atomic mass is 16.5. The molecule has 0 amide bonds. The molecule has 0 aromatic carbocycles. The number of aromatic nitrogens is 1. The summed E-state index contributed by atoms with van der Waals surface area (Å²) in [4.78, 5) is 4.56. The third-order valence-electron chi connectivity index (χ3n) is 4.06. The van der Waals surface area contributed by atoms with Gasteiger partial charge in [0.15, 0.2) is 0 Å². The zero-order valence-corrected chi connectivity index (χ0v) is 13.8. The zero-order valence-electron chi connectivity index (χ0n) is 13.8. The van der Waals surface area contributed by atoms with Gasteiger partial charge in [0, 0.05) is 6.04 Å². The van der Waals surface area contributed by atoms with E-state index in [4.69, 9.17) is 10.5 Å². The molecule has 0 aliphatic heterocycles. The Kier molecular flexibility index (Phi) is 4.96. The summed E-state index contributed by atoms with van der Waals surface area (Å²) in [6, 6.07) is 4.34. The molecule has 1 heterocycles. The molecular formula is C17H29N3O. The van der Waals surface area contributed by atoms with E-state index in [0.29, 0.717) is 17.6 Å². The monoisotopic (exact) mass is 291 g/mol. The van der Waals surface area contributed by atoms with E-state index in [-0.39, 0.29) is 5.60 Å². The van der Waals surface area contributed by atoms with Gasteiger partial charge in [-0.15, -0.1) is 0 Å². The second-order valence-corrected chi connectivity index (χ2v) is 7.01. The first-order valence-corrected chi connectivity index (χ1v) is 8.11. The molecule has 2 rings (SSSR count). The number of anilines is 2. The number of rotatable bonds is 4. The summed E-state index contributed by atoms with van der Waals surface area (Å²) in [5, 5.41) is 3.59. The van der Waals surface area contributed by atoms with Gasteiger partial charge in [0.1, 0.15) is 11.4 Å². The van der Waals surface area contributed by atoms with E-state index in [1.807, 2.05) is 32.9 Å². The average Bonchev–Trinajstić information content (AvgIpc) is 2.41. The summed E-state index contributed by atoms with van der Waals surface area (Å²) in [5.74, 6) is 2.13. The summed E-state index contributed by atoms with van der Waals surface area (Å²) in [6.07, 6.45) is 6.41. The van der Waals surface area contributed by atoms with Gasteiger partial charge < -0.3 is 15.8 Å². The van der Waals surface area contributed by atoms with Crippen molar-refractivity contribution in [3.63, 3.8) is 0 Å². The highest BCUT2D eigenvalue weighted by Crippen LogP contribution is 2.30. The first-order valence-electron chi connectivity index (χ1n) is 8.11. The highest BCUT2D eigenvalue weighted by Gasteiger charge is 2.24. The van der Waals surface area contributed by atoms with Crippen molar-refractivity contribution in [3.8, 4) is 5.88 Å². The van der Waals surface area contributed by atoms with Crippen LogP contribution >= 0.6 is 0 Å². The van der Waals surface area contributed by atoms with Crippen LogP contribution in [0.5, 0.6) is 5.88 Å². The summed E-state index contributed by atoms with van der Waals surface area (Å²) >= 11 is 0. The standard InChI is InChI=1S/C17H29N3O/c1-5-12-8-6-7-9-14(12)19-15-11-10-13(18)16(20-15)21-17(2,3)4/h10-12,14H,5-9,18H2,1-4H3,(H,19,20). The molecule has 3 N–H and O–H groups in total. The fourth-order valence-corrected chi connectivity index (χ4v) is 2.98. The molecule has 0 spiro atoms. The molecule has 118 valence electrons. The maximum atomic E-state index is 5.97. The first kappa shape index (κ1) is 15.9. The van der Waals surface area contributed by atoms with Gasteiger partial charge in [0.25, 0.3) is 0 Å². The molecule has 1 saturated carbocycles. The second kappa shape index (κ2) is 6.54. The molecule has 1 aliphatic rings. The molecule has 2 unspecified atom stereocenters. The molecule has 1 aromatic rings. The van der Waals surface area contributed by atoms with Crippen molar-refractivity contribution in [3.05, 3.63) is 12.1 Å². The third-order valence-corrected chi connectivity index (χ3v) is 4.06. The predicted octanol–water partition coefficient (Wildman–Crippen LogP) is 4.22. The van der Waals surface area contributed by atoms with Crippen molar-refractivity contribution in [2.45, 2.75) is 71.4 Å². The lowest BCUT2D eigenvalue weighted by atomic mass is 9.83. The van der Waals surface area contributed by atoms with E-state index in [1.165, 1.54) is 32.1 Å². The lowest BCUT2D eigenvalue weighted by molar-refractivity contribution is 0.125. The Hall–Kier alpha value is -1.45. The van der Waals surface area contributed by atoms with Crippen LogP contribution in [-0.2, 0) is 0 Å². The van der Waals surface area contributed by atoms with Crippen LogP contribution < -0.4 is 15.8 Å². The van der Waals surface area contributed by atoms with Crippen molar-refractivity contribution in [1.82, 2.24) is 4.98 Å². The van der Waals surface area contributed by atoms with Crippen LogP contribution in [0.4, 0.5) is 11.5 Å². The van der Waals surface area contributed by atoms with Crippen LogP contribution in [-0.4, -0.2) is 16.6 Å². The van der Waals surface area contributed by atoms with Crippen molar-refractivity contribution in [2.75, 3.05) is 11.1 Å². The molecule has 0 bridgehead atoms. The smallest absolute Gasteiger partial charge is 0.239 e. The van der Waals surface area contributed by atoms with E-state index < -0.39 is 0 Å². The Morgan fingerprint density at radius 1 is 1.29 bits per heavy atom. The van der Waals surface area contributed by atoms with Gasteiger partial charge in [-0.3, -0.25) is 0 Å². The maximum Gasteiger partial charge on any atom is 0.239 e. The number of nitrogens with two attached hydrogens (primary N) is 1. The molecule has 2 atom stereocenters. The minimum Gasteiger partial charge on any atom is -0.470 e. The Morgan fingerprint density at radius 3 is 2.67 bits per heavy atom. The fourth-order valence-electron chi connectivity index (χ4n) is 2.98. The molecular weight excluding hydrogens is 262 g/mol. The van der Waals surface area contributed by atoms with Gasteiger partial charge in [-0.1, -0.05) is 26.2 Å². The number of hydrogen-bond donors (Lipinski definition) is 2. The Balaban J connectivity index is 2.11. The van der Waals surface area contributed by atoms with Crippen molar-refractivity contribution in [1.29, 1.82) is 0 Å². The topological polar surface area (TPSA) is 60.2 Å². The number of pyridine rings is 1. The van der Waals surface area contributed by atoms with E-state index in [1.54, 1.807) is 0 Å². The van der Waals surface area contributed by atoms with Crippen LogP contribution in [0.3, 0.4) is 0 Å². The Bertz CT molecular complexity index is 468. The van der Waals surface area contributed by atoms with E-state index >= 15 is 0 Å². The summed E-state index contributed by atoms with van der Waals surface area (Å²) in [5.41, 5.74) is 6.26. The SMILES string of the molecule is CCC1CCCCC1Nc1ccc(N)c(OC(C)(C)C)n1. The molecule has 1 aromatic heterocycles. The molecule has 4 nitrogen and oxygen atoms in total. The summed E-state index contributed by atoms with van der Waals surface area (Å²) < 4.78 is 5.84. The van der Waals surface area contributed by atoms with Gasteiger partial charge in [-0.05, 0) is 51.7 Å². The van der Waals surface area contributed by atoms with Crippen molar-refractivity contribution in [2.24, 2.45) is 5.92 Å². The normalized spacial score (nSPS) is 22.9. The van der Waals surface area contributed by atoms with Crippen LogP contribution in [0.1, 0.15) is 59.8 Å². The molecule has 21 heavy (non-hydrogen) atoms. The quantitative estimate of drug-likeness (QED) is 0.872. The van der Waals surface area contributed by atoms with Crippen LogP contribution in [0.25, 0.3) is 0 Å². The van der Waals surface area contributed by atoms with Gasteiger partial charge in [0.2, 0.25) is 5.88 Å². The Morgan fingerprint density at radius 2 is 2.00 bits per heavy atom. The zero-order chi connectivity index (χ0) is 15.5. The largest absolute Gasteiger partial charge is 0.470 e. The lowest BCUT2D eigenvalue weighted by Gasteiger charge is -2.32. The maximum absolute atomic E-state index is 5.97. The van der Waals surface area contributed by atoms with Crippen molar-refractivity contribution >= 4 is 11.5 Å². The van der Waals surface area contributed by atoms with E-state index in [9.17, 15) is 0 Å². The van der Waals surface area contributed by atoms with Crippen molar-refractivity contribution < 1.29 is 4.74 Å². The number of nitrogens with zero attached hydrogens (tertiary/aromatic N) is 1. The highest BCUT2D eigenvalue weighted by molar-refractivity contribution is 5.54. The van der Waals surface area contributed by atoms with Gasteiger partial charge >= 0.3 is 0 Å². The molecule has 4 heteroatoms. The van der Waals surface area contributed by atoms with E-state index in [2.05, 4.69) is 17.2 Å². The third kappa shape index (κ3) is 4.51. The predicted molar refractivity (Wildman–Crippen MR) is 88.7 cm³/mol. The minimum absolute atomic E-state index is 0.295.